The number of benzene rings is 2. The van der Waals surface area contributed by atoms with Gasteiger partial charge in [0.25, 0.3) is 0 Å². The van der Waals surface area contributed by atoms with E-state index >= 15 is 0 Å². The minimum atomic E-state index is -1.45. The summed E-state index contributed by atoms with van der Waals surface area (Å²) in [7, 11) is 0. The van der Waals surface area contributed by atoms with Crippen LogP contribution in [0.5, 0.6) is 0 Å². The molecule has 0 amide bonds. The SMILES string of the molecule is CC[C@@]1(C)C[C@]2(O)O[C@]3(CC[C@@](C)(COC(=O)c4ccccc4)O3)[C@@H](C)[C@@H]2[C@@]1(C)[C@@H](C)OC(=O)c1ccccc1. The summed E-state index contributed by atoms with van der Waals surface area (Å²) in [4.78, 5) is 25.7. The molecule has 2 aromatic rings. The Balaban J connectivity index is 1.37. The van der Waals surface area contributed by atoms with E-state index in [0.29, 0.717) is 30.4 Å². The molecule has 7 nitrogen and oxygen atoms in total. The Morgan fingerprint density at radius 1 is 0.950 bits per heavy atom. The van der Waals surface area contributed by atoms with E-state index in [9.17, 15) is 14.7 Å². The minimum absolute atomic E-state index is 0.0800. The third-order valence-electron chi connectivity index (χ3n) is 10.5. The van der Waals surface area contributed by atoms with Crippen molar-refractivity contribution in [3.8, 4) is 0 Å². The third kappa shape index (κ3) is 4.47. The second-order valence-electron chi connectivity index (χ2n) is 12.8. The predicted octanol–water partition coefficient (Wildman–Crippen LogP) is 6.15. The number of carbonyl (C=O) groups is 2. The molecule has 3 fully saturated rings. The minimum Gasteiger partial charge on any atom is -0.459 e. The Hall–Kier alpha value is -2.74. The summed E-state index contributed by atoms with van der Waals surface area (Å²) in [5.74, 6) is -3.82. The molecule has 216 valence electrons. The second kappa shape index (κ2) is 9.97. The van der Waals surface area contributed by atoms with Crippen LogP contribution in [0.1, 0.15) is 87.9 Å². The van der Waals surface area contributed by atoms with E-state index in [1.54, 1.807) is 36.4 Å². The van der Waals surface area contributed by atoms with Crippen molar-refractivity contribution in [2.45, 2.75) is 90.5 Å². The van der Waals surface area contributed by atoms with Gasteiger partial charge in [0.15, 0.2) is 11.6 Å². The van der Waals surface area contributed by atoms with Crippen molar-refractivity contribution in [2.75, 3.05) is 6.61 Å². The Morgan fingerprint density at radius 3 is 2.10 bits per heavy atom. The summed E-state index contributed by atoms with van der Waals surface area (Å²) in [5, 5.41) is 12.1. The average Bonchev–Trinajstić information content (AvgIpc) is 3.45. The van der Waals surface area contributed by atoms with Crippen molar-refractivity contribution in [3.05, 3.63) is 71.8 Å². The van der Waals surface area contributed by atoms with Crippen molar-refractivity contribution in [2.24, 2.45) is 22.7 Å². The average molecular weight is 551 g/mol. The second-order valence-corrected chi connectivity index (χ2v) is 12.8. The molecule has 2 saturated heterocycles. The third-order valence-corrected chi connectivity index (χ3v) is 10.5. The van der Waals surface area contributed by atoms with E-state index in [1.165, 1.54) is 0 Å². The summed E-state index contributed by atoms with van der Waals surface area (Å²) >= 11 is 0. The van der Waals surface area contributed by atoms with E-state index in [1.807, 2.05) is 38.1 Å². The van der Waals surface area contributed by atoms with Gasteiger partial charge < -0.3 is 24.1 Å². The zero-order chi connectivity index (χ0) is 29.0. The number of esters is 2. The molecule has 1 N–H and O–H groups in total. The van der Waals surface area contributed by atoms with Gasteiger partial charge in [0.1, 0.15) is 18.3 Å². The molecule has 1 aliphatic carbocycles. The van der Waals surface area contributed by atoms with Crippen molar-refractivity contribution in [3.63, 3.8) is 0 Å². The van der Waals surface area contributed by atoms with E-state index in [2.05, 4.69) is 27.7 Å². The van der Waals surface area contributed by atoms with Gasteiger partial charge in [-0.05, 0) is 56.4 Å². The van der Waals surface area contributed by atoms with Crippen LogP contribution in [-0.2, 0) is 18.9 Å². The lowest BCUT2D eigenvalue weighted by Crippen LogP contribution is -2.51. The smallest absolute Gasteiger partial charge is 0.338 e. The van der Waals surface area contributed by atoms with Gasteiger partial charge in [-0.15, -0.1) is 0 Å². The number of rotatable bonds is 7. The molecule has 7 heteroatoms. The fourth-order valence-corrected chi connectivity index (χ4v) is 7.86. The number of ether oxygens (including phenoxy) is 4. The summed E-state index contributed by atoms with van der Waals surface area (Å²) in [6.45, 7) is 12.4. The number of hydrogen-bond donors (Lipinski definition) is 1. The van der Waals surface area contributed by atoms with Gasteiger partial charge >= 0.3 is 11.9 Å². The Labute approximate surface area is 237 Å². The molecular formula is C33H42O7. The van der Waals surface area contributed by atoms with E-state index in [-0.39, 0.29) is 29.8 Å². The van der Waals surface area contributed by atoms with Crippen LogP contribution in [0.3, 0.4) is 0 Å². The molecule has 2 heterocycles. The first-order valence-corrected chi connectivity index (χ1v) is 14.4. The summed E-state index contributed by atoms with van der Waals surface area (Å²) in [6, 6.07) is 17.9. The first kappa shape index (κ1) is 28.8. The van der Waals surface area contributed by atoms with Crippen molar-refractivity contribution in [1.82, 2.24) is 0 Å². The molecule has 1 spiro atoms. The van der Waals surface area contributed by atoms with Crippen molar-refractivity contribution < 1.29 is 33.6 Å². The quantitative estimate of drug-likeness (QED) is 0.413. The van der Waals surface area contributed by atoms with Crippen LogP contribution in [0.4, 0.5) is 0 Å². The number of carbonyl (C=O) groups excluding carboxylic acids is 2. The van der Waals surface area contributed by atoms with Crippen LogP contribution in [0.15, 0.2) is 60.7 Å². The van der Waals surface area contributed by atoms with Crippen LogP contribution < -0.4 is 0 Å². The summed E-state index contributed by atoms with van der Waals surface area (Å²) in [6.07, 6.45) is 1.86. The van der Waals surface area contributed by atoms with Gasteiger partial charge in [0.2, 0.25) is 0 Å². The molecule has 0 aromatic heterocycles. The maximum atomic E-state index is 13.1. The molecule has 1 saturated carbocycles. The molecule has 0 radical (unpaired) electrons. The highest BCUT2D eigenvalue weighted by Gasteiger charge is 2.77. The highest BCUT2D eigenvalue weighted by Crippen LogP contribution is 2.72. The predicted molar refractivity (Wildman–Crippen MR) is 149 cm³/mol. The Morgan fingerprint density at radius 2 is 1.52 bits per heavy atom. The lowest BCUT2D eigenvalue weighted by molar-refractivity contribution is -0.322. The van der Waals surface area contributed by atoms with Crippen LogP contribution in [0.25, 0.3) is 0 Å². The largest absolute Gasteiger partial charge is 0.459 e. The molecule has 8 atom stereocenters. The first-order valence-electron chi connectivity index (χ1n) is 14.4. The molecule has 3 aliphatic rings. The van der Waals surface area contributed by atoms with Crippen molar-refractivity contribution >= 4 is 11.9 Å². The number of aliphatic hydroxyl groups is 1. The number of hydrogen-bond acceptors (Lipinski definition) is 7. The Kier molecular flexibility index (Phi) is 7.17. The topological polar surface area (TPSA) is 91.3 Å². The van der Waals surface area contributed by atoms with Gasteiger partial charge in [-0.25, -0.2) is 9.59 Å². The summed E-state index contributed by atoms with van der Waals surface area (Å²) in [5.41, 5.74) is -0.736. The normalized spacial score (nSPS) is 39.2. The van der Waals surface area contributed by atoms with Gasteiger partial charge in [0.05, 0.1) is 11.1 Å². The van der Waals surface area contributed by atoms with E-state index in [4.69, 9.17) is 18.9 Å². The molecule has 0 bridgehead atoms. The maximum Gasteiger partial charge on any atom is 0.338 e. The fraction of sp³-hybridized carbons (Fsp3) is 0.576. The maximum absolute atomic E-state index is 13.1. The molecular weight excluding hydrogens is 508 g/mol. The van der Waals surface area contributed by atoms with Gasteiger partial charge in [-0.1, -0.05) is 64.1 Å². The van der Waals surface area contributed by atoms with Crippen LogP contribution >= 0.6 is 0 Å². The summed E-state index contributed by atoms with van der Waals surface area (Å²) < 4.78 is 25.0. The first-order chi connectivity index (χ1) is 18.8. The van der Waals surface area contributed by atoms with Gasteiger partial charge in [-0.3, -0.25) is 0 Å². The highest BCUT2D eigenvalue weighted by molar-refractivity contribution is 5.89. The molecule has 2 aliphatic heterocycles. The zero-order valence-corrected chi connectivity index (χ0v) is 24.4. The van der Waals surface area contributed by atoms with Gasteiger partial charge in [0, 0.05) is 30.1 Å². The highest BCUT2D eigenvalue weighted by atomic mass is 16.8. The number of fused-ring (bicyclic) bond motifs is 1. The van der Waals surface area contributed by atoms with Crippen LogP contribution in [-0.4, -0.2) is 46.9 Å². The van der Waals surface area contributed by atoms with Crippen LogP contribution in [0.2, 0.25) is 0 Å². The lowest BCUT2D eigenvalue weighted by Gasteiger charge is -2.49. The molecule has 5 rings (SSSR count). The molecule has 40 heavy (non-hydrogen) atoms. The van der Waals surface area contributed by atoms with Crippen molar-refractivity contribution in [1.29, 1.82) is 0 Å². The zero-order valence-electron chi connectivity index (χ0n) is 24.4. The lowest BCUT2D eigenvalue weighted by atomic mass is 9.57. The van der Waals surface area contributed by atoms with Crippen LogP contribution in [0, 0.1) is 22.7 Å². The monoisotopic (exact) mass is 550 g/mol. The molecule has 0 unspecified atom stereocenters. The standard InChI is InChI=1S/C33H42O7/c1-7-29(4)20-32(36)26(31(29,6)23(3)38-28(35)25-16-12-9-13-17-25)22(2)33(40-32)19-18-30(5,39-33)21-37-27(34)24-14-10-8-11-15-24/h8-17,22-23,26,36H,7,18-21H2,1-6H3/t22-,23+,26+,29-,30-,31+,32-,33+/m0/s1. The fourth-order valence-electron chi connectivity index (χ4n) is 7.86. The van der Waals surface area contributed by atoms with E-state index in [0.717, 1.165) is 6.42 Å². The Bertz CT molecular complexity index is 1250. The molecule has 2 aromatic carbocycles. The van der Waals surface area contributed by atoms with Gasteiger partial charge in [-0.2, -0.15) is 0 Å². The van der Waals surface area contributed by atoms with E-state index < -0.39 is 34.7 Å².